The molecule has 194 valence electrons. The molecule has 12 heteroatoms. The van der Waals surface area contributed by atoms with E-state index in [0.717, 1.165) is 0 Å². The van der Waals surface area contributed by atoms with Crippen molar-refractivity contribution in [2.45, 2.75) is 13.8 Å². The second-order valence-electron chi connectivity index (χ2n) is 8.55. The Morgan fingerprint density at radius 2 is 1.65 bits per heavy atom. The third-order valence-corrected chi connectivity index (χ3v) is 5.46. The van der Waals surface area contributed by atoms with Gasteiger partial charge < -0.3 is 25.0 Å². The number of furan rings is 1. The van der Waals surface area contributed by atoms with E-state index in [1.807, 2.05) is 13.8 Å². The van der Waals surface area contributed by atoms with Crippen molar-refractivity contribution >= 4 is 39.4 Å². The molecule has 2 aromatic carbocycles. The summed E-state index contributed by atoms with van der Waals surface area (Å²) in [6, 6.07) is 11.6. The van der Waals surface area contributed by atoms with E-state index in [4.69, 9.17) is 15.6 Å². The number of amides is 2. The standard InChI is InChI=1S/C25H26N4O7S/c1-14(2)13-28-23(30)16-6-9-18(20(12-16)25(32)36-37(3,33)34)21-19(10-11-35-21)24(31)29-17-7-4-15(5-8-17)22(26)27/h4-12,14H,13H2,1-3H3,(H3,26,27)(H,28,30)(H,29,31). The van der Waals surface area contributed by atoms with Gasteiger partial charge >= 0.3 is 16.1 Å². The Morgan fingerprint density at radius 3 is 2.24 bits per heavy atom. The topological polar surface area (TPSA) is 182 Å². The smallest absolute Gasteiger partial charge is 0.354 e. The molecule has 2 amide bonds. The van der Waals surface area contributed by atoms with Crippen molar-refractivity contribution in [3.63, 3.8) is 0 Å². The molecular formula is C25H26N4O7S. The number of hydrogen-bond donors (Lipinski definition) is 4. The van der Waals surface area contributed by atoms with Gasteiger partial charge in [-0.25, -0.2) is 4.79 Å². The van der Waals surface area contributed by atoms with E-state index in [1.54, 1.807) is 24.3 Å². The van der Waals surface area contributed by atoms with Crippen LogP contribution in [-0.2, 0) is 14.3 Å². The molecule has 37 heavy (non-hydrogen) atoms. The molecule has 3 rings (SSSR count). The maximum atomic E-state index is 13.0. The van der Waals surface area contributed by atoms with Crippen molar-refractivity contribution in [2.75, 3.05) is 18.1 Å². The fourth-order valence-corrected chi connectivity index (χ4v) is 3.63. The minimum absolute atomic E-state index is 0.0348. The number of anilines is 1. The SMILES string of the molecule is CC(C)CNC(=O)c1ccc(-c2occc2C(=O)Nc2ccc(C(=N)N)cc2)c(C(=O)OS(C)(=O)=O)c1. The lowest BCUT2D eigenvalue weighted by atomic mass is 9.99. The van der Waals surface area contributed by atoms with Crippen LogP contribution < -0.4 is 16.4 Å². The van der Waals surface area contributed by atoms with E-state index in [2.05, 4.69) is 14.8 Å². The van der Waals surface area contributed by atoms with Gasteiger partial charge in [0.2, 0.25) is 0 Å². The normalized spacial score (nSPS) is 11.1. The van der Waals surface area contributed by atoms with Gasteiger partial charge in [0.05, 0.1) is 23.6 Å². The van der Waals surface area contributed by atoms with Crippen LogP contribution in [0.1, 0.15) is 50.5 Å². The van der Waals surface area contributed by atoms with Gasteiger partial charge in [-0.1, -0.05) is 13.8 Å². The molecule has 0 fully saturated rings. The largest absolute Gasteiger partial charge is 0.463 e. The molecule has 0 bridgehead atoms. The quantitative estimate of drug-likeness (QED) is 0.186. The van der Waals surface area contributed by atoms with E-state index >= 15 is 0 Å². The van der Waals surface area contributed by atoms with E-state index in [9.17, 15) is 22.8 Å². The maximum Gasteiger partial charge on any atom is 0.354 e. The molecule has 0 aliphatic carbocycles. The second kappa shape index (κ2) is 11.1. The van der Waals surface area contributed by atoms with Gasteiger partial charge in [-0.05, 0) is 54.4 Å². The van der Waals surface area contributed by atoms with Crippen LogP contribution >= 0.6 is 0 Å². The first-order valence-corrected chi connectivity index (χ1v) is 12.9. The number of nitrogens with one attached hydrogen (secondary N) is 3. The molecule has 3 aromatic rings. The summed E-state index contributed by atoms with van der Waals surface area (Å²) in [6.45, 7) is 4.22. The number of amidine groups is 1. The van der Waals surface area contributed by atoms with Crippen LogP contribution in [0.25, 0.3) is 11.3 Å². The molecule has 0 saturated carbocycles. The Morgan fingerprint density at radius 1 is 1.00 bits per heavy atom. The number of hydrogen-bond acceptors (Lipinski definition) is 8. The number of benzene rings is 2. The summed E-state index contributed by atoms with van der Waals surface area (Å²) in [5.41, 5.74) is 6.24. The predicted octanol–water partition coefficient (Wildman–Crippen LogP) is 2.99. The van der Waals surface area contributed by atoms with E-state index in [-0.39, 0.29) is 39.8 Å². The van der Waals surface area contributed by atoms with Gasteiger partial charge in [0.25, 0.3) is 11.8 Å². The van der Waals surface area contributed by atoms with Gasteiger partial charge in [-0.3, -0.25) is 15.0 Å². The van der Waals surface area contributed by atoms with Crippen molar-refractivity contribution < 1.29 is 31.4 Å². The molecular weight excluding hydrogens is 500 g/mol. The highest BCUT2D eigenvalue weighted by atomic mass is 32.2. The highest BCUT2D eigenvalue weighted by Crippen LogP contribution is 2.31. The molecule has 11 nitrogen and oxygen atoms in total. The molecule has 0 radical (unpaired) electrons. The zero-order valence-corrected chi connectivity index (χ0v) is 21.1. The summed E-state index contributed by atoms with van der Waals surface area (Å²) >= 11 is 0. The summed E-state index contributed by atoms with van der Waals surface area (Å²) in [5.74, 6) is -2.27. The molecule has 0 aliphatic rings. The highest BCUT2D eigenvalue weighted by molar-refractivity contribution is 7.86. The summed E-state index contributed by atoms with van der Waals surface area (Å²) in [7, 11) is -4.17. The van der Waals surface area contributed by atoms with Gasteiger partial charge in [-0.2, -0.15) is 8.42 Å². The molecule has 0 spiro atoms. The second-order valence-corrected chi connectivity index (χ2v) is 10.1. The van der Waals surface area contributed by atoms with Gasteiger partial charge in [0.1, 0.15) is 11.6 Å². The van der Waals surface area contributed by atoms with Crippen LogP contribution in [0, 0.1) is 11.3 Å². The monoisotopic (exact) mass is 526 g/mol. The van der Waals surface area contributed by atoms with Crippen molar-refractivity contribution in [3.05, 3.63) is 77.0 Å². The first kappa shape index (κ1) is 27.1. The number of rotatable bonds is 9. The van der Waals surface area contributed by atoms with Crippen LogP contribution in [0.3, 0.4) is 0 Å². The molecule has 0 aliphatic heterocycles. The van der Waals surface area contributed by atoms with Crippen molar-refractivity contribution in [1.29, 1.82) is 5.41 Å². The lowest BCUT2D eigenvalue weighted by Gasteiger charge is -2.12. The third kappa shape index (κ3) is 7.04. The number of carbonyl (C=O) groups excluding carboxylic acids is 3. The van der Waals surface area contributed by atoms with Crippen molar-refractivity contribution in [1.82, 2.24) is 5.32 Å². The highest BCUT2D eigenvalue weighted by Gasteiger charge is 2.25. The Hall–Kier alpha value is -4.45. The Balaban J connectivity index is 1.99. The van der Waals surface area contributed by atoms with Gasteiger partial charge in [0, 0.05) is 28.9 Å². The molecule has 1 heterocycles. The van der Waals surface area contributed by atoms with Crippen molar-refractivity contribution in [3.8, 4) is 11.3 Å². The minimum atomic E-state index is -4.17. The molecule has 0 saturated heterocycles. The third-order valence-electron chi connectivity index (χ3n) is 5.01. The van der Waals surface area contributed by atoms with Crippen LogP contribution in [-0.4, -0.2) is 44.8 Å². The Kier molecular flexibility index (Phi) is 8.13. The molecule has 1 aromatic heterocycles. The molecule has 0 unspecified atom stereocenters. The van der Waals surface area contributed by atoms with Crippen LogP contribution in [0.4, 0.5) is 5.69 Å². The van der Waals surface area contributed by atoms with E-state index < -0.39 is 27.9 Å². The first-order valence-electron chi connectivity index (χ1n) is 11.1. The zero-order valence-electron chi connectivity index (χ0n) is 20.3. The van der Waals surface area contributed by atoms with Crippen LogP contribution in [0.15, 0.2) is 59.2 Å². The maximum absolute atomic E-state index is 13.0. The van der Waals surface area contributed by atoms with Crippen LogP contribution in [0.5, 0.6) is 0 Å². The average molecular weight is 527 g/mol. The molecule has 0 atom stereocenters. The predicted molar refractivity (Wildman–Crippen MR) is 137 cm³/mol. The summed E-state index contributed by atoms with van der Waals surface area (Å²) in [6.07, 6.45) is 1.95. The first-order chi connectivity index (χ1) is 17.4. The molecule has 5 N–H and O–H groups in total. The zero-order chi connectivity index (χ0) is 27.3. The summed E-state index contributed by atoms with van der Waals surface area (Å²) in [5, 5.41) is 12.8. The fraction of sp³-hybridized carbons (Fsp3) is 0.200. The van der Waals surface area contributed by atoms with Gasteiger partial charge in [0.15, 0.2) is 0 Å². The lowest BCUT2D eigenvalue weighted by molar-refractivity contribution is 0.0748. The minimum Gasteiger partial charge on any atom is -0.463 e. The number of nitrogens with two attached hydrogens (primary N) is 1. The van der Waals surface area contributed by atoms with Crippen molar-refractivity contribution in [2.24, 2.45) is 11.7 Å². The average Bonchev–Trinajstić information content (AvgIpc) is 3.31. The van der Waals surface area contributed by atoms with E-state index in [0.29, 0.717) is 24.1 Å². The fourth-order valence-electron chi connectivity index (χ4n) is 3.26. The Bertz CT molecular complexity index is 1460. The number of carbonyl (C=O) groups is 3. The van der Waals surface area contributed by atoms with Crippen LogP contribution in [0.2, 0.25) is 0 Å². The van der Waals surface area contributed by atoms with E-state index in [1.165, 1.54) is 30.5 Å². The Labute approximate surface area is 213 Å². The summed E-state index contributed by atoms with van der Waals surface area (Å²) < 4.78 is 33.3. The number of nitrogen functional groups attached to an aromatic ring is 1. The lowest BCUT2D eigenvalue weighted by Crippen LogP contribution is -2.27. The van der Waals surface area contributed by atoms with Gasteiger partial charge in [-0.15, -0.1) is 0 Å². The summed E-state index contributed by atoms with van der Waals surface area (Å²) in [4.78, 5) is 38.3.